The number of hydrogen-bond donors (Lipinski definition) is 2. The third-order valence-corrected chi connectivity index (χ3v) is 8.70. The zero-order chi connectivity index (χ0) is 27.4. The number of rotatable bonds is 10. The third kappa shape index (κ3) is 7.60. The molecule has 1 aliphatic heterocycles. The Balaban J connectivity index is 1.57. The van der Waals surface area contributed by atoms with Crippen molar-refractivity contribution in [2.24, 2.45) is 5.92 Å². The molecule has 1 saturated heterocycles. The zero-order valence-corrected chi connectivity index (χ0v) is 21.1. The van der Waals surface area contributed by atoms with Crippen molar-refractivity contribution in [1.29, 1.82) is 0 Å². The Morgan fingerprint density at radius 2 is 1.73 bits per heavy atom. The van der Waals surface area contributed by atoms with E-state index in [0.29, 0.717) is 12.0 Å². The molecule has 202 valence electrons. The van der Waals surface area contributed by atoms with Gasteiger partial charge in [0, 0.05) is 31.6 Å². The van der Waals surface area contributed by atoms with Crippen molar-refractivity contribution in [3.63, 3.8) is 0 Å². The fraction of sp³-hybridized carbons (Fsp3) is 0.348. The van der Waals surface area contributed by atoms with Crippen LogP contribution in [0.25, 0.3) is 0 Å². The molecule has 1 amide bonds. The number of amides is 1. The number of sulfonamides is 2. The number of nitrogens with one attached hydrogen (secondary N) is 2. The highest BCUT2D eigenvalue weighted by Crippen LogP contribution is 2.29. The minimum atomic E-state index is -4.46. The summed E-state index contributed by atoms with van der Waals surface area (Å²) >= 11 is 0. The average molecular weight is 564 g/mol. The topological polar surface area (TPSA) is 113 Å². The van der Waals surface area contributed by atoms with Gasteiger partial charge in [0.1, 0.15) is 10.7 Å². The van der Waals surface area contributed by atoms with Crippen molar-refractivity contribution in [2.45, 2.75) is 30.5 Å². The highest BCUT2D eigenvalue weighted by atomic mass is 32.2. The summed E-state index contributed by atoms with van der Waals surface area (Å²) in [5, 5.41) is 3.27. The van der Waals surface area contributed by atoms with Crippen molar-refractivity contribution in [3.8, 4) is 0 Å². The predicted molar refractivity (Wildman–Crippen MR) is 127 cm³/mol. The molecule has 0 radical (unpaired) electrons. The standard InChI is InChI=1S/C23H25F4N3O5S2/c1-2-36(32,33)29-14-18-9-10-30(15-18)37(34,35)21-8-5-17(11-20(21)24)12-22(31)28-13-16-3-6-19(7-4-16)23(25,26)27/h2-8,11,18,29H,1,9-10,12-15H2,(H,28,31)/t18-/m1/s1. The van der Waals surface area contributed by atoms with Crippen LogP contribution in [0.1, 0.15) is 23.1 Å². The predicted octanol–water partition coefficient (Wildman–Crippen LogP) is 2.78. The molecule has 2 aromatic rings. The number of carbonyl (C=O) groups excluding carboxylic acids is 1. The van der Waals surface area contributed by atoms with Gasteiger partial charge in [-0.2, -0.15) is 17.5 Å². The molecule has 1 atom stereocenters. The normalized spacial score (nSPS) is 17.0. The Morgan fingerprint density at radius 3 is 2.32 bits per heavy atom. The Labute approximate surface area is 212 Å². The first-order chi connectivity index (χ1) is 17.2. The lowest BCUT2D eigenvalue weighted by atomic mass is 10.1. The van der Waals surface area contributed by atoms with E-state index in [1.54, 1.807) is 0 Å². The van der Waals surface area contributed by atoms with E-state index in [0.717, 1.165) is 34.0 Å². The van der Waals surface area contributed by atoms with Crippen LogP contribution in [-0.2, 0) is 44.0 Å². The van der Waals surface area contributed by atoms with Crippen LogP contribution in [0.5, 0.6) is 0 Å². The first kappa shape index (κ1) is 28.8. The number of halogens is 4. The molecule has 2 N–H and O–H groups in total. The molecule has 0 bridgehead atoms. The molecular weight excluding hydrogens is 538 g/mol. The number of benzene rings is 2. The van der Waals surface area contributed by atoms with E-state index in [1.807, 2.05) is 0 Å². The second kappa shape index (κ2) is 11.3. The minimum absolute atomic E-state index is 0.00947. The van der Waals surface area contributed by atoms with Gasteiger partial charge < -0.3 is 5.32 Å². The van der Waals surface area contributed by atoms with Crippen LogP contribution < -0.4 is 10.0 Å². The average Bonchev–Trinajstić information content (AvgIpc) is 3.31. The zero-order valence-electron chi connectivity index (χ0n) is 19.5. The van der Waals surface area contributed by atoms with Crippen LogP contribution in [0, 0.1) is 11.7 Å². The Kier molecular flexibility index (Phi) is 8.78. The van der Waals surface area contributed by atoms with Crippen molar-refractivity contribution in [2.75, 3.05) is 19.6 Å². The van der Waals surface area contributed by atoms with Gasteiger partial charge in [-0.15, -0.1) is 0 Å². The summed E-state index contributed by atoms with van der Waals surface area (Å²) in [6, 6.07) is 7.59. The molecule has 1 fully saturated rings. The second-order valence-electron chi connectivity index (χ2n) is 8.49. The van der Waals surface area contributed by atoms with Gasteiger partial charge in [0.25, 0.3) is 0 Å². The van der Waals surface area contributed by atoms with Crippen molar-refractivity contribution in [1.82, 2.24) is 14.3 Å². The highest BCUT2D eigenvalue weighted by Gasteiger charge is 2.34. The van der Waals surface area contributed by atoms with Gasteiger partial charge in [0.15, 0.2) is 0 Å². The van der Waals surface area contributed by atoms with E-state index >= 15 is 0 Å². The molecule has 2 aromatic carbocycles. The van der Waals surface area contributed by atoms with Crippen molar-refractivity contribution < 1.29 is 39.2 Å². The molecule has 8 nitrogen and oxygen atoms in total. The van der Waals surface area contributed by atoms with Crippen molar-refractivity contribution >= 4 is 26.0 Å². The number of hydrogen-bond acceptors (Lipinski definition) is 5. The fourth-order valence-electron chi connectivity index (χ4n) is 3.74. The molecule has 0 aromatic heterocycles. The summed E-state index contributed by atoms with van der Waals surface area (Å²) in [6.07, 6.45) is -4.35. The van der Waals surface area contributed by atoms with E-state index in [4.69, 9.17) is 0 Å². The summed E-state index contributed by atoms with van der Waals surface area (Å²) in [5.41, 5.74) is -0.162. The summed E-state index contributed by atoms with van der Waals surface area (Å²) in [5.74, 6) is -1.86. The van der Waals surface area contributed by atoms with Crippen LogP contribution in [0.15, 0.2) is 59.3 Å². The molecule has 1 heterocycles. The summed E-state index contributed by atoms with van der Waals surface area (Å²) in [7, 11) is -7.84. The number of carbonyl (C=O) groups is 1. The summed E-state index contributed by atoms with van der Waals surface area (Å²) < 4.78 is 105. The van der Waals surface area contributed by atoms with E-state index in [1.165, 1.54) is 18.2 Å². The van der Waals surface area contributed by atoms with Gasteiger partial charge in [-0.25, -0.2) is 25.9 Å². The molecule has 0 spiro atoms. The van der Waals surface area contributed by atoms with Gasteiger partial charge >= 0.3 is 6.18 Å². The fourth-order valence-corrected chi connectivity index (χ4v) is 5.90. The van der Waals surface area contributed by atoms with Gasteiger partial charge in [0.2, 0.25) is 26.0 Å². The van der Waals surface area contributed by atoms with Crippen LogP contribution in [0.3, 0.4) is 0 Å². The van der Waals surface area contributed by atoms with Gasteiger partial charge in [-0.05, 0) is 47.7 Å². The number of alkyl halides is 3. The Bertz CT molecular complexity index is 1360. The molecule has 0 unspecified atom stereocenters. The van der Waals surface area contributed by atoms with E-state index < -0.39 is 48.4 Å². The van der Waals surface area contributed by atoms with E-state index in [2.05, 4.69) is 16.6 Å². The van der Waals surface area contributed by atoms with Crippen LogP contribution >= 0.6 is 0 Å². The highest BCUT2D eigenvalue weighted by molar-refractivity contribution is 7.92. The second-order valence-corrected chi connectivity index (χ2v) is 12.1. The van der Waals surface area contributed by atoms with E-state index in [9.17, 15) is 39.2 Å². The maximum atomic E-state index is 14.7. The van der Waals surface area contributed by atoms with Gasteiger partial charge in [-0.1, -0.05) is 24.8 Å². The minimum Gasteiger partial charge on any atom is -0.352 e. The molecule has 37 heavy (non-hydrogen) atoms. The maximum Gasteiger partial charge on any atom is 0.416 e. The smallest absolute Gasteiger partial charge is 0.352 e. The molecule has 3 rings (SSSR count). The SMILES string of the molecule is C=CS(=O)(=O)NC[C@H]1CCN(S(=O)(=O)c2ccc(CC(=O)NCc3ccc(C(F)(F)F)cc3)cc2F)C1. The summed E-state index contributed by atoms with van der Waals surface area (Å²) in [6.45, 7) is 3.27. The van der Waals surface area contributed by atoms with E-state index in [-0.39, 0.29) is 44.1 Å². The quantitative estimate of drug-likeness (QED) is 0.432. The maximum absolute atomic E-state index is 14.7. The monoisotopic (exact) mass is 563 g/mol. The Hall–Kier alpha value is -2.81. The molecule has 14 heteroatoms. The van der Waals surface area contributed by atoms with Crippen LogP contribution in [-0.4, -0.2) is 46.7 Å². The lowest BCUT2D eigenvalue weighted by Gasteiger charge is -2.17. The largest absolute Gasteiger partial charge is 0.416 e. The van der Waals surface area contributed by atoms with Crippen molar-refractivity contribution in [3.05, 3.63) is 77.0 Å². The lowest BCUT2D eigenvalue weighted by molar-refractivity contribution is -0.137. The Morgan fingerprint density at radius 1 is 1.08 bits per heavy atom. The van der Waals surface area contributed by atoms with Gasteiger partial charge in [0.05, 0.1) is 12.0 Å². The molecule has 0 saturated carbocycles. The molecular formula is C23H25F4N3O5S2. The first-order valence-electron chi connectivity index (χ1n) is 11.0. The van der Waals surface area contributed by atoms with Crippen LogP contribution in [0.4, 0.5) is 17.6 Å². The van der Waals surface area contributed by atoms with Crippen LogP contribution in [0.2, 0.25) is 0 Å². The number of nitrogens with zero attached hydrogens (tertiary/aromatic N) is 1. The summed E-state index contributed by atoms with van der Waals surface area (Å²) in [4.78, 5) is 11.6. The lowest BCUT2D eigenvalue weighted by Crippen LogP contribution is -2.32. The third-order valence-electron chi connectivity index (χ3n) is 5.79. The van der Waals surface area contributed by atoms with Gasteiger partial charge in [-0.3, -0.25) is 4.79 Å². The molecule has 0 aliphatic carbocycles. The first-order valence-corrected chi connectivity index (χ1v) is 14.0. The molecule has 1 aliphatic rings.